The van der Waals surface area contributed by atoms with Gasteiger partial charge in [0.15, 0.2) is 0 Å². The van der Waals surface area contributed by atoms with E-state index in [9.17, 15) is 0 Å². The first-order chi connectivity index (χ1) is 9.22. The summed E-state index contributed by atoms with van der Waals surface area (Å²) in [5.74, 6) is 0. The lowest BCUT2D eigenvalue weighted by Crippen LogP contribution is -1.97. The zero-order valence-electron chi connectivity index (χ0n) is 13.5. The first kappa shape index (κ1) is 19.6. The minimum atomic E-state index is 0.732. The molecule has 0 aliphatic carbocycles. The van der Waals surface area contributed by atoms with Crippen LogP contribution in [0.4, 0.5) is 5.69 Å². The highest BCUT2D eigenvalue weighted by Crippen LogP contribution is 2.21. The van der Waals surface area contributed by atoms with Crippen molar-refractivity contribution in [1.82, 2.24) is 0 Å². The van der Waals surface area contributed by atoms with Crippen LogP contribution in [0.25, 0.3) is 5.57 Å². The molecule has 2 nitrogen and oxygen atoms in total. The molecule has 106 valence electrons. The molecule has 0 fully saturated rings. The standard InChI is InChI=1S/C13H16N2.2C2H6/c1-4-11(9-14)13-7-6-12(15-5-2)8-10(13)3;2*1-2/h4,6-8,15H,5H2,1-3H3;2*1-2H3/b11-4+;;. The first-order valence-corrected chi connectivity index (χ1v) is 7.14. The van der Waals surface area contributed by atoms with Gasteiger partial charge < -0.3 is 5.32 Å². The number of hydrogen-bond acceptors (Lipinski definition) is 2. The van der Waals surface area contributed by atoms with Crippen molar-refractivity contribution >= 4 is 11.3 Å². The molecule has 0 amide bonds. The van der Waals surface area contributed by atoms with Gasteiger partial charge in [0, 0.05) is 12.2 Å². The van der Waals surface area contributed by atoms with Gasteiger partial charge >= 0.3 is 0 Å². The Labute approximate surface area is 119 Å². The maximum absolute atomic E-state index is 8.94. The van der Waals surface area contributed by atoms with E-state index < -0.39 is 0 Å². The van der Waals surface area contributed by atoms with E-state index in [1.807, 2.05) is 59.8 Å². The zero-order chi connectivity index (χ0) is 15.3. The first-order valence-electron chi connectivity index (χ1n) is 7.14. The maximum atomic E-state index is 8.94. The Morgan fingerprint density at radius 2 is 1.84 bits per heavy atom. The van der Waals surface area contributed by atoms with Crippen LogP contribution in [0.1, 0.15) is 52.7 Å². The van der Waals surface area contributed by atoms with Crippen LogP contribution in [-0.4, -0.2) is 6.54 Å². The van der Waals surface area contributed by atoms with Crippen molar-refractivity contribution in [1.29, 1.82) is 5.26 Å². The highest BCUT2D eigenvalue weighted by molar-refractivity contribution is 5.79. The summed E-state index contributed by atoms with van der Waals surface area (Å²) in [6.07, 6.45) is 1.84. The number of nitrogens with zero attached hydrogens (tertiary/aromatic N) is 1. The van der Waals surface area contributed by atoms with Gasteiger partial charge in [-0.2, -0.15) is 5.26 Å². The highest BCUT2D eigenvalue weighted by Gasteiger charge is 2.03. The van der Waals surface area contributed by atoms with E-state index in [2.05, 4.69) is 24.4 Å². The second-order valence-electron chi connectivity index (χ2n) is 3.37. The van der Waals surface area contributed by atoms with E-state index in [-0.39, 0.29) is 0 Å². The van der Waals surface area contributed by atoms with Crippen molar-refractivity contribution in [2.75, 3.05) is 11.9 Å². The molecule has 0 heterocycles. The molecule has 1 N–H and O–H groups in total. The second kappa shape index (κ2) is 12.7. The van der Waals surface area contributed by atoms with Crippen molar-refractivity contribution in [3.8, 4) is 6.07 Å². The Hall–Kier alpha value is -1.75. The smallest absolute Gasteiger partial charge is 0.0994 e. The summed E-state index contributed by atoms with van der Waals surface area (Å²) in [6, 6.07) is 8.27. The fourth-order valence-electron chi connectivity index (χ4n) is 1.56. The third-order valence-corrected chi connectivity index (χ3v) is 2.31. The summed E-state index contributed by atoms with van der Waals surface area (Å²) in [4.78, 5) is 0. The Morgan fingerprint density at radius 1 is 1.26 bits per heavy atom. The Morgan fingerprint density at radius 3 is 2.21 bits per heavy atom. The Kier molecular flexibility index (Phi) is 13.1. The Bertz CT molecular complexity index is 412. The van der Waals surface area contributed by atoms with Gasteiger partial charge in [-0.25, -0.2) is 0 Å². The molecule has 0 spiro atoms. The lowest BCUT2D eigenvalue weighted by Gasteiger charge is -2.08. The molecule has 19 heavy (non-hydrogen) atoms. The molecule has 0 aliphatic heterocycles. The molecule has 0 saturated heterocycles. The summed E-state index contributed by atoms with van der Waals surface area (Å²) in [6.45, 7) is 14.9. The van der Waals surface area contributed by atoms with Crippen LogP contribution in [0.3, 0.4) is 0 Å². The summed E-state index contributed by atoms with van der Waals surface area (Å²) < 4.78 is 0. The van der Waals surface area contributed by atoms with Gasteiger partial charge in [0.1, 0.15) is 0 Å². The molecule has 1 aromatic carbocycles. The molecule has 2 heteroatoms. The molecule has 0 radical (unpaired) electrons. The quantitative estimate of drug-likeness (QED) is 0.738. The minimum absolute atomic E-state index is 0.732. The SMILES string of the molecule is C/C=C(\C#N)c1ccc(NCC)cc1C.CC.CC. The number of allylic oxidation sites excluding steroid dienone is 2. The number of nitrogens with one attached hydrogen (secondary N) is 1. The molecule has 0 bridgehead atoms. The third kappa shape index (κ3) is 6.67. The van der Waals surface area contributed by atoms with Gasteiger partial charge in [-0.1, -0.05) is 39.8 Å². The number of hydrogen-bond donors (Lipinski definition) is 1. The molecule has 1 rings (SSSR count). The normalized spacial score (nSPS) is 9.26. The van der Waals surface area contributed by atoms with Crippen LogP contribution in [0.2, 0.25) is 0 Å². The maximum Gasteiger partial charge on any atom is 0.0994 e. The minimum Gasteiger partial charge on any atom is -0.385 e. The van der Waals surface area contributed by atoms with Crippen molar-refractivity contribution in [2.45, 2.75) is 48.5 Å². The monoisotopic (exact) mass is 260 g/mol. The lowest BCUT2D eigenvalue weighted by atomic mass is 10.0. The average molecular weight is 260 g/mol. The molecule has 0 atom stereocenters. The summed E-state index contributed by atoms with van der Waals surface area (Å²) in [5, 5.41) is 12.2. The van der Waals surface area contributed by atoms with E-state index >= 15 is 0 Å². The third-order valence-electron chi connectivity index (χ3n) is 2.31. The predicted octanol–water partition coefficient (Wildman–Crippen LogP) is 5.41. The molecule has 0 aromatic heterocycles. The van der Waals surface area contributed by atoms with Gasteiger partial charge in [0.25, 0.3) is 0 Å². The highest BCUT2D eigenvalue weighted by atomic mass is 14.8. The molecule has 0 aliphatic rings. The number of benzene rings is 1. The van der Waals surface area contributed by atoms with E-state index in [0.29, 0.717) is 0 Å². The van der Waals surface area contributed by atoms with Gasteiger partial charge in [-0.3, -0.25) is 0 Å². The summed E-state index contributed by atoms with van der Waals surface area (Å²) >= 11 is 0. The fraction of sp³-hybridized carbons (Fsp3) is 0.471. The van der Waals surface area contributed by atoms with Crippen LogP contribution >= 0.6 is 0 Å². The van der Waals surface area contributed by atoms with Crippen LogP contribution in [-0.2, 0) is 0 Å². The van der Waals surface area contributed by atoms with Crippen LogP contribution in [0.15, 0.2) is 24.3 Å². The van der Waals surface area contributed by atoms with Crippen molar-refractivity contribution in [2.24, 2.45) is 0 Å². The summed E-state index contributed by atoms with van der Waals surface area (Å²) in [5.41, 5.74) is 3.98. The van der Waals surface area contributed by atoms with Crippen LogP contribution in [0, 0.1) is 18.3 Å². The fourth-order valence-corrected chi connectivity index (χ4v) is 1.56. The van der Waals surface area contributed by atoms with Crippen molar-refractivity contribution < 1.29 is 0 Å². The van der Waals surface area contributed by atoms with Gasteiger partial charge in [0.05, 0.1) is 11.6 Å². The van der Waals surface area contributed by atoms with E-state index in [1.165, 1.54) is 0 Å². The van der Waals surface area contributed by atoms with Gasteiger partial charge in [-0.05, 0) is 44.0 Å². The average Bonchev–Trinajstić information content (AvgIpc) is 2.47. The van der Waals surface area contributed by atoms with Gasteiger partial charge in [0.2, 0.25) is 0 Å². The van der Waals surface area contributed by atoms with Crippen molar-refractivity contribution in [3.05, 3.63) is 35.4 Å². The number of anilines is 1. The number of rotatable bonds is 3. The molecule has 0 unspecified atom stereocenters. The number of aryl methyl sites for hydroxylation is 1. The van der Waals surface area contributed by atoms with Gasteiger partial charge in [-0.15, -0.1) is 0 Å². The van der Waals surface area contributed by atoms with Crippen LogP contribution < -0.4 is 5.32 Å². The molecule has 1 aromatic rings. The second-order valence-corrected chi connectivity index (χ2v) is 3.37. The zero-order valence-corrected chi connectivity index (χ0v) is 13.5. The van der Waals surface area contributed by atoms with E-state index in [4.69, 9.17) is 5.26 Å². The predicted molar refractivity (Wildman–Crippen MR) is 87.3 cm³/mol. The van der Waals surface area contributed by atoms with Crippen LogP contribution in [0.5, 0.6) is 0 Å². The number of nitriles is 1. The van der Waals surface area contributed by atoms with Crippen molar-refractivity contribution in [3.63, 3.8) is 0 Å². The summed E-state index contributed by atoms with van der Waals surface area (Å²) in [7, 11) is 0. The van der Waals surface area contributed by atoms with E-state index in [1.54, 1.807) is 0 Å². The molecular formula is C17H28N2. The largest absolute Gasteiger partial charge is 0.385 e. The topological polar surface area (TPSA) is 35.8 Å². The molecule has 0 saturated carbocycles. The Balaban J connectivity index is 0. The lowest BCUT2D eigenvalue weighted by molar-refractivity contribution is 1.21. The molecular weight excluding hydrogens is 232 g/mol. The van der Waals surface area contributed by atoms with E-state index in [0.717, 1.165) is 28.9 Å².